The van der Waals surface area contributed by atoms with Gasteiger partial charge in [0.1, 0.15) is 25.2 Å². The number of ether oxygens (including phenoxy) is 2. The molecule has 0 saturated carbocycles. The number of rotatable bonds is 5. The normalized spacial score (nSPS) is 13.4. The van der Waals surface area contributed by atoms with Gasteiger partial charge in [-0.2, -0.15) is 0 Å². The molecule has 0 bridgehead atoms. The van der Waals surface area contributed by atoms with Crippen molar-refractivity contribution in [3.63, 3.8) is 0 Å². The Kier molecular flexibility index (Phi) is 6.62. The van der Waals surface area contributed by atoms with Crippen LogP contribution in [-0.4, -0.2) is 50.5 Å². The van der Waals surface area contributed by atoms with E-state index in [4.69, 9.17) is 15.9 Å². The Hall–Kier alpha value is -4.22. The van der Waals surface area contributed by atoms with Gasteiger partial charge in [0, 0.05) is 18.2 Å². The SMILES string of the molecule is C#Cc1ccc2c(c1)-c1nnc(COC)n1Cc1c(C3=NCCO3)ncn1-2.C=C/C=C\C=C. The Morgan fingerprint density at radius 2 is 2.06 bits per heavy atom. The van der Waals surface area contributed by atoms with Crippen LogP contribution in [0.3, 0.4) is 0 Å². The molecule has 0 amide bonds. The first-order chi connectivity index (χ1) is 16.2. The van der Waals surface area contributed by atoms with Crippen LogP contribution in [0.1, 0.15) is 22.8 Å². The van der Waals surface area contributed by atoms with Crippen molar-refractivity contribution in [3.8, 4) is 29.4 Å². The highest BCUT2D eigenvalue weighted by Crippen LogP contribution is 2.33. The second-order valence-corrected chi connectivity index (χ2v) is 7.14. The smallest absolute Gasteiger partial charge is 0.237 e. The van der Waals surface area contributed by atoms with Crippen LogP contribution >= 0.6 is 0 Å². The highest BCUT2D eigenvalue weighted by molar-refractivity contribution is 5.94. The first-order valence-electron chi connectivity index (χ1n) is 10.4. The van der Waals surface area contributed by atoms with Gasteiger partial charge in [0.2, 0.25) is 5.90 Å². The number of terminal acetylenes is 1. The van der Waals surface area contributed by atoms with Crippen molar-refractivity contribution in [1.82, 2.24) is 24.3 Å². The van der Waals surface area contributed by atoms with E-state index in [1.165, 1.54) is 0 Å². The average Bonchev–Trinajstić information content (AvgIpc) is 3.58. The predicted molar refractivity (Wildman–Crippen MR) is 127 cm³/mol. The molecule has 3 aromatic rings. The molecule has 0 atom stereocenters. The minimum Gasteiger partial charge on any atom is -0.474 e. The van der Waals surface area contributed by atoms with E-state index >= 15 is 0 Å². The molecule has 0 saturated heterocycles. The molecular weight excluding hydrogens is 416 g/mol. The number of aromatic nitrogens is 5. The molecular formula is C25H24N6O2. The highest BCUT2D eigenvalue weighted by atomic mass is 16.5. The number of allylic oxidation sites excluding steroid dienone is 4. The van der Waals surface area contributed by atoms with Crippen LogP contribution < -0.4 is 0 Å². The summed E-state index contributed by atoms with van der Waals surface area (Å²) in [6, 6.07) is 5.84. The quantitative estimate of drug-likeness (QED) is 0.351. The summed E-state index contributed by atoms with van der Waals surface area (Å²) in [5, 5.41) is 8.72. The summed E-state index contributed by atoms with van der Waals surface area (Å²) in [6.45, 7) is 9.04. The molecule has 0 fully saturated rings. The topological polar surface area (TPSA) is 79.3 Å². The lowest BCUT2D eigenvalue weighted by Gasteiger charge is -2.09. The molecule has 8 nitrogen and oxygen atoms in total. The molecule has 2 aromatic heterocycles. The first kappa shape index (κ1) is 22.0. The van der Waals surface area contributed by atoms with Gasteiger partial charge in [-0.3, -0.25) is 4.57 Å². The van der Waals surface area contributed by atoms with Crippen molar-refractivity contribution in [3.05, 3.63) is 84.8 Å². The van der Waals surface area contributed by atoms with Crippen molar-refractivity contribution >= 4 is 5.90 Å². The van der Waals surface area contributed by atoms with Gasteiger partial charge in [0.25, 0.3) is 0 Å². The minimum atomic E-state index is 0.359. The maximum atomic E-state index is 5.66. The third-order valence-corrected chi connectivity index (χ3v) is 5.11. The lowest BCUT2D eigenvalue weighted by Crippen LogP contribution is -2.12. The van der Waals surface area contributed by atoms with Gasteiger partial charge in [-0.25, -0.2) is 9.98 Å². The fourth-order valence-corrected chi connectivity index (χ4v) is 3.65. The summed E-state index contributed by atoms with van der Waals surface area (Å²) in [4.78, 5) is 9.01. The fraction of sp³-hybridized carbons (Fsp3) is 0.200. The maximum absolute atomic E-state index is 5.66. The fourth-order valence-electron chi connectivity index (χ4n) is 3.65. The number of benzene rings is 1. The Balaban J connectivity index is 0.000000385. The van der Waals surface area contributed by atoms with E-state index in [0.717, 1.165) is 39.9 Å². The molecule has 166 valence electrons. The van der Waals surface area contributed by atoms with E-state index in [1.54, 1.807) is 25.6 Å². The van der Waals surface area contributed by atoms with Crippen LogP contribution in [0.4, 0.5) is 0 Å². The van der Waals surface area contributed by atoms with Gasteiger partial charge < -0.3 is 14.0 Å². The van der Waals surface area contributed by atoms with Crippen molar-refractivity contribution in [2.75, 3.05) is 20.3 Å². The Morgan fingerprint density at radius 1 is 1.24 bits per heavy atom. The van der Waals surface area contributed by atoms with Crippen molar-refractivity contribution in [1.29, 1.82) is 0 Å². The summed E-state index contributed by atoms with van der Waals surface area (Å²) >= 11 is 0. The molecule has 8 heteroatoms. The van der Waals surface area contributed by atoms with Crippen LogP contribution in [0.25, 0.3) is 17.1 Å². The van der Waals surface area contributed by atoms with E-state index in [9.17, 15) is 0 Å². The average molecular weight is 441 g/mol. The lowest BCUT2D eigenvalue weighted by molar-refractivity contribution is 0.174. The van der Waals surface area contributed by atoms with Gasteiger partial charge in [-0.15, -0.1) is 16.6 Å². The van der Waals surface area contributed by atoms with Gasteiger partial charge in [-0.1, -0.05) is 43.4 Å². The molecule has 0 unspecified atom stereocenters. The third-order valence-electron chi connectivity index (χ3n) is 5.11. The number of hydrogen-bond donors (Lipinski definition) is 0. The molecule has 2 aliphatic heterocycles. The molecule has 0 radical (unpaired) electrons. The second-order valence-electron chi connectivity index (χ2n) is 7.14. The zero-order valence-corrected chi connectivity index (χ0v) is 18.4. The van der Waals surface area contributed by atoms with E-state index < -0.39 is 0 Å². The predicted octanol–water partition coefficient (Wildman–Crippen LogP) is 3.31. The van der Waals surface area contributed by atoms with E-state index in [2.05, 4.69) is 39.3 Å². The molecule has 5 rings (SSSR count). The molecule has 2 aliphatic rings. The number of methoxy groups -OCH3 is 1. The number of fused-ring (bicyclic) bond motifs is 5. The molecule has 0 N–H and O–H groups in total. The summed E-state index contributed by atoms with van der Waals surface area (Å²) < 4.78 is 15.0. The van der Waals surface area contributed by atoms with Crippen LogP contribution in [0.15, 0.2) is 67.0 Å². The van der Waals surface area contributed by atoms with Crippen LogP contribution in [0, 0.1) is 12.3 Å². The Labute approximate surface area is 192 Å². The largest absolute Gasteiger partial charge is 0.474 e. The summed E-state index contributed by atoms with van der Waals surface area (Å²) in [5.41, 5.74) is 4.32. The van der Waals surface area contributed by atoms with Gasteiger partial charge in [0.15, 0.2) is 11.6 Å². The van der Waals surface area contributed by atoms with Gasteiger partial charge >= 0.3 is 0 Å². The summed E-state index contributed by atoms with van der Waals surface area (Å²) in [5.74, 6) is 4.75. The molecule has 0 aliphatic carbocycles. The first-order valence-corrected chi connectivity index (χ1v) is 10.4. The van der Waals surface area contributed by atoms with Crippen LogP contribution in [0.5, 0.6) is 0 Å². The van der Waals surface area contributed by atoms with Gasteiger partial charge in [-0.05, 0) is 18.2 Å². The molecule has 1 aromatic carbocycles. The number of imidazole rings is 1. The van der Waals surface area contributed by atoms with Crippen LogP contribution in [0.2, 0.25) is 0 Å². The molecule has 4 heterocycles. The zero-order chi connectivity index (χ0) is 23.2. The molecule has 0 spiro atoms. The minimum absolute atomic E-state index is 0.359. The Morgan fingerprint density at radius 3 is 2.73 bits per heavy atom. The van der Waals surface area contributed by atoms with E-state index in [1.807, 2.05) is 39.5 Å². The number of hydrogen-bond acceptors (Lipinski definition) is 6. The molecule has 33 heavy (non-hydrogen) atoms. The number of aliphatic imine (C=N–C) groups is 1. The maximum Gasteiger partial charge on any atom is 0.237 e. The van der Waals surface area contributed by atoms with Crippen molar-refractivity contribution in [2.24, 2.45) is 4.99 Å². The van der Waals surface area contributed by atoms with E-state index in [0.29, 0.717) is 32.2 Å². The summed E-state index contributed by atoms with van der Waals surface area (Å²) in [7, 11) is 1.64. The number of nitrogens with zero attached hydrogens (tertiary/aromatic N) is 6. The highest BCUT2D eigenvalue weighted by Gasteiger charge is 2.28. The Bertz CT molecular complexity index is 1280. The van der Waals surface area contributed by atoms with Crippen LogP contribution in [-0.2, 0) is 22.6 Å². The zero-order valence-electron chi connectivity index (χ0n) is 18.4. The monoisotopic (exact) mass is 440 g/mol. The third kappa shape index (κ3) is 4.27. The van der Waals surface area contributed by atoms with Crippen molar-refractivity contribution < 1.29 is 9.47 Å². The standard InChI is InChI=1S/C19H16N6O2.C6H8/c1-3-12-4-5-14-13(8-12)18-23-22-16(10-26-2)24(18)9-15-17(21-11-25(14)15)19-20-6-7-27-19;1-3-5-6-4-2/h1,4-5,8,11H,6-7,9-10H2,2H3;3-6H,1-2H2/b;6-5-. The summed E-state index contributed by atoms with van der Waals surface area (Å²) in [6.07, 6.45) is 14.5. The lowest BCUT2D eigenvalue weighted by atomic mass is 10.1. The van der Waals surface area contributed by atoms with E-state index in [-0.39, 0.29) is 0 Å². The van der Waals surface area contributed by atoms with Gasteiger partial charge in [0.05, 0.1) is 24.5 Å². The van der Waals surface area contributed by atoms with Crippen molar-refractivity contribution in [2.45, 2.75) is 13.2 Å². The second kappa shape index (κ2) is 9.94.